The molecule has 1 fully saturated rings. The van der Waals surface area contributed by atoms with Gasteiger partial charge >= 0.3 is 5.97 Å². The fourth-order valence-electron chi connectivity index (χ4n) is 1.22. The first-order chi connectivity index (χ1) is 7.74. The maximum atomic E-state index is 11.2. The number of hydrogen-bond donors (Lipinski definition) is 1. The molecule has 0 amide bonds. The van der Waals surface area contributed by atoms with Crippen molar-refractivity contribution in [3.63, 3.8) is 0 Å². The zero-order valence-electron chi connectivity index (χ0n) is 9.96. The van der Waals surface area contributed by atoms with E-state index in [0.29, 0.717) is 25.3 Å². The summed E-state index contributed by atoms with van der Waals surface area (Å²) in [6, 6.07) is 0. The van der Waals surface area contributed by atoms with Crippen molar-refractivity contribution in [2.24, 2.45) is 5.92 Å². The highest BCUT2D eigenvalue weighted by atomic mass is 16.5. The van der Waals surface area contributed by atoms with Crippen LogP contribution in [0.15, 0.2) is 12.2 Å². The van der Waals surface area contributed by atoms with E-state index in [0.717, 1.165) is 19.1 Å². The molecule has 0 unspecified atom stereocenters. The molecule has 4 nitrogen and oxygen atoms in total. The Balaban J connectivity index is 1.88. The molecule has 0 aromatic heterocycles. The molecular formula is C12H21NO3. The van der Waals surface area contributed by atoms with E-state index in [1.807, 2.05) is 0 Å². The third-order valence-corrected chi connectivity index (χ3v) is 2.38. The molecule has 0 spiro atoms. The maximum Gasteiger partial charge on any atom is 0.334 e. The Bertz CT molecular complexity index is 236. The predicted molar refractivity (Wildman–Crippen MR) is 62.2 cm³/mol. The highest BCUT2D eigenvalue weighted by molar-refractivity contribution is 5.88. The van der Waals surface area contributed by atoms with Crippen LogP contribution < -0.4 is 5.32 Å². The van der Waals surface area contributed by atoms with Gasteiger partial charge in [-0.2, -0.15) is 0 Å². The number of hydrogen-bond acceptors (Lipinski definition) is 4. The summed E-state index contributed by atoms with van der Waals surface area (Å²) < 4.78 is 10.3. The van der Waals surface area contributed by atoms with Gasteiger partial charge in [-0.3, -0.25) is 0 Å². The first-order valence-electron chi connectivity index (χ1n) is 5.87. The molecule has 16 heavy (non-hydrogen) atoms. The van der Waals surface area contributed by atoms with Crippen molar-refractivity contribution in [3.05, 3.63) is 12.2 Å². The Morgan fingerprint density at radius 3 is 2.88 bits per heavy atom. The smallest absolute Gasteiger partial charge is 0.334 e. The molecule has 0 radical (unpaired) electrons. The number of ether oxygens (including phenoxy) is 2. The van der Waals surface area contributed by atoms with Crippen molar-refractivity contribution in [2.45, 2.75) is 19.8 Å². The molecule has 0 bridgehead atoms. The lowest BCUT2D eigenvalue weighted by Gasteiger charge is -2.07. The van der Waals surface area contributed by atoms with E-state index in [9.17, 15) is 4.79 Å². The van der Waals surface area contributed by atoms with Gasteiger partial charge in [-0.25, -0.2) is 4.79 Å². The van der Waals surface area contributed by atoms with Gasteiger partial charge in [-0.1, -0.05) is 6.58 Å². The van der Waals surface area contributed by atoms with Gasteiger partial charge < -0.3 is 14.8 Å². The summed E-state index contributed by atoms with van der Waals surface area (Å²) in [5.41, 5.74) is 0.462. The van der Waals surface area contributed by atoms with Gasteiger partial charge in [0.1, 0.15) is 0 Å². The molecule has 0 aromatic rings. The van der Waals surface area contributed by atoms with Gasteiger partial charge in [0.15, 0.2) is 0 Å². The quantitative estimate of drug-likeness (QED) is 0.364. The second kappa shape index (κ2) is 7.41. The van der Waals surface area contributed by atoms with Crippen molar-refractivity contribution < 1.29 is 14.3 Å². The number of rotatable bonds is 9. The summed E-state index contributed by atoms with van der Waals surface area (Å²) in [5, 5.41) is 3.09. The van der Waals surface area contributed by atoms with Crippen molar-refractivity contribution in [1.29, 1.82) is 0 Å². The molecule has 1 aliphatic carbocycles. The summed E-state index contributed by atoms with van der Waals surface area (Å²) in [4.78, 5) is 11.2. The van der Waals surface area contributed by atoms with Crippen LogP contribution in [0.5, 0.6) is 0 Å². The molecule has 0 aromatic carbocycles. The van der Waals surface area contributed by atoms with Crippen molar-refractivity contribution in [2.75, 3.05) is 32.9 Å². The predicted octanol–water partition coefficient (Wildman–Crippen LogP) is 1.12. The monoisotopic (exact) mass is 227 g/mol. The number of esters is 1. The lowest BCUT2D eigenvalue weighted by molar-refractivity contribution is -0.138. The van der Waals surface area contributed by atoms with Crippen molar-refractivity contribution >= 4 is 5.97 Å². The van der Waals surface area contributed by atoms with Crippen LogP contribution in [0.1, 0.15) is 19.8 Å². The normalized spacial score (nSPS) is 14.8. The van der Waals surface area contributed by atoms with E-state index in [-0.39, 0.29) is 5.97 Å². The number of nitrogens with one attached hydrogen (secondary N) is 1. The summed E-state index contributed by atoms with van der Waals surface area (Å²) in [6.45, 7) is 8.59. The molecule has 92 valence electrons. The molecule has 1 rings (SSSR count). The average molecular weight is 227 g/mol. The van der Waals surface area contributed by atoms with Gasteiger partial charge in [-0.15, -0.1) is 0 Å². The molecule has 1 aliphatic rings. The minimum absolute atomic E-state index is 0.325. The Morgan fingerprint density at radius 2 is 2.25 bits per heavy atom. The van der Waals surface area contributed by atoms with E-state index < -0.39 is 0 Å². The summed E-state index contributed by atoms with van der Waals surface area (Å²) >= 11 is 0. The van der Waals surface area contributed by atoms with Crippen molar-refractivity contribution in [3.8, 4) is 0 Å². The zero-order chi connectivity index (χ0) is 11.8. The topological polar surface area (TPSA) is 47.6 Å². The summed E-state index contributed by atoms with van der Waals surface area (Å²) in [5.74, 6) is 0.475. The van der Waals surface area contributed by atoms with Gasteiger partial charge in [0.25, 0.3) is 0 Å². The van der Waals surface area contributed by atoms with E-state index in [1.165, 1.54) is 12.8 Å². The van der Waals surface area contributed by atoms with Crippen LogP contribution in [-0.4, -0.2) is 38.9 Å². The zero-order valence-corrected chi connectivity index (χ0v) is 9.96. The molecule has 0 heterocycles. The SMILES string of the molecule is C=C(CNCCOCC1CC1)C(=O)OCC. The molecule has 1 N–H and O–H groups in total. The van der Waals surface area contributed by atoms with Crippen LogP contribution >= 0.6 is 0 Å². The second-order valence-electron chi connectivity index (χ2n) is 4.02. The second-order valence-corrected chi connectivity index (χ2v) is 4.02. The highest BCUT2D eigenvalue weighted by Gasteiger charge is 2.20. The van der Waals surface area contributed by atoms with Crippen LogP contribution in [-0.2, 0) is 14.3 Å². The summed E-state index contributed by atoms with van der Waals surface area (Å²) in [6.07, 6.45) is 2.63. The first-order valence-corrected chi connectivity index (χ1v) is 5.87. The van der Waals surface area contributed by atoms with Crippen LogP contribution in [0.2, 0.25) is 0 Å². The minimum atomic E-state index is -0.325. The number of carbonyl (C=O) groups excluding carboxylic acids is 1. The van der Waals surface area contributed by atoms with Gasteiger partial charge in [0.05, 0.1) is 13.2 Å². The Kier molecular flexibility index (Phi) is 6.11. The Labute approximate surface area is 97.0 Å². The lowest BCUT2D eigenvalue weighted by atomic mass is 10.3. The largest absolute Gasteiger partial charge is 0.463 e. The van der Waals surface area contributed by atoms with Crippen LogP contribution in [0.25, 0.3) is 0 Å². The third-order valence-electron chi connectivity index (χ3n) is 2.38. The maximum absolute atomic E-state index is 11.2. The van der Waals surface area contributed by atoms with Crippen molar-refractivity contribution in [1.82, 2.24) is 5.32 Å². The van der Waals surface area contributed by atoms with E-state index >= 15 is 0 Å². The van der Waals surface area contributed by atoms with E-state index in [1.54, 1.807) is 6.92 Å². The third kappa shape index (κ3) is 5.88. The lowest BCUT2D eigenvalue weighted by Crippen LogP contribution is -2.25. The fourth-order valence-corrected chi connectivity index (χ4v) is 1.22. The van der Waals surface area contributed by atoms with E-state index in [2.05, 4.69) is 11.9 Å². The fraction of sp³-hybridized carbons (Fsp3) is 0.750. The number of carbonyl (C=O) groups is 1. The molecule has 1 saturated carbocycles. The van der Waals surface area contributed by atoms with E-state index in [4.69, 9.17) is 9.47 Å². The Morgan fingerprint density at radius 1 is 1.50 bits per heavy atom. The van der Waals surface area contributed by atoms with Gasteiger partial charge in [-0.05, 0) is 25.7 Å². The average Bonchev–Trinajstić information content (AvgIpc) is 3.07. The van der Waals surface area contributed by atoms with Crippen LogP contribution in [0.4, 0.5) is 0 Å². The standard InChI is InChI=1S/C12H21NO3/c1-3-16-12(14)10(2)8-13-6-7-15-9-11-4-5-11/h11,13H,2-9H2,1H3. The molecule has 0 saturated heterocycles. The highest BCUT2D eigenvalue weighted by Crippen LogP contribution is 2.28. The Hall–Kier alpha value is -0.870. The van der Waals surface area contributed by atoms with Gasteiger partial charge in [0, 0.05) is 25.3 Å². The van der Waals surface area contributed by atoms with Gasteiger partial charge in [0.2, 0.25) is 0 Å². The van der Waals surface area contributed by atoms with Crippen LogP contribution in [0, 0.1) is 5.92 Å². The molecule has 0 atom stereocenters. The van der Waals surface area contributed by atoms with Crippen LogP contribution in [0.3, 0.4) is 0 Å². The molecular weight excluding hydrogens is 206 g/mol. The molecule has 4 heteroatoms. The molecule has 0 aliphatic heterocycles. The minimum Gasteiger partial charge on any atom is -0.463 e. The summed E-state index contributed by atoms with van der Waals surface area (Å²) in [7, 11) is 0. The first kappa shape index (κ1) is 13.2.